The summed E-state index contributed by atoms with van der Waals surface area (Å²) in [6, 6.07) is 11.8. The first-order valence-corrected chi connectivity index (χ1v) is 11.8. The molecule has 5 rings (SSSR count). The van der Waals surface area contributed by atoms with Crippen LogP contribution in [0.15, 0.2) is 84.7 Å². The Morgan fingerprint density at radius 3 is 2.83 bits per heavy atom. The van der Waals surface area contributed by atoms with Gasteiger partial charge in [0.05, 0.1) is 33.6 Å². The van der Waals surface area contributed by atoms with E-state index in [2.05, 4.69) is 4.99 Å². The monoisotopic (exact) mass is 505 g/mol. The maximum atomic E-state index is 13.5. The molecular formula is C25H19N3O7S. The van der Waals surface area contributed by atoms with Crippen LogP contribution in [0, 0.1) is 10.1 Å². The molecule has 4 heterocycles. The summed E-state index contributed by atoms with van der Waals surface area (Å²) in [5, 5.41) is 11.2. The molecule has 1 aliphatic rings. The summed E-state index contributed by atoms with van der Waals surface area (Å²) in [6.07, 6.45) is 3.12. The van der Waals surface area contributed by atoms with Crippen LogP contribution in [-0.2, 0) is 9.53 Å². The summed E-state index contributed by atoms with van der Waals surface area (Å²) in [6.45, 7) is 3.50. The molecule has 0 aliphatic carbocycles. The van der Waals surface area contributed by atoms with Crippen LogP contribution in [0.4, 0.5) is 5.69 Å². The van der Waals surface area contributed by atoms with Crippen LogP contribution in [0.1, 0.15) is 31.4 Å². The highest BCUT2D eigenvalue weighted by Crippen LogP contribution is 2.34. The molecule has 10 nitrogen and oxygen atoms in total. The highest BCUT2D eigenvalue weighted by molar-refractivity contribution is 7.07. The highest BCUT2D eigenvalue weighted by atomic mass is 32.1. The fraction of sp³-hybridized carbons (Fsp3) is 0.160. The SMILES string of the molecule is CCOC(=O)C1=C(C)N=c2s/c(=C\c3ccco3)c(=O)n2[C@H]1c1ccc(-c2cccc([N+](=O)[O-])c2)o1. The second-order valence-electron chi connectivity index (χ2n) is 7.83. The number of non-ortho nitro benzene ring substituents is 1. The normalized spacial score (nSPS) is 15.5. The molecule has 0 spiro atoms. The molecule has 4 aromatic rings. The van der Waals surface area contributed by atoms with Crippen LogP contribution < -0.4 is 14.9 Å². The molecule has 3 aromatic heterocycles. The minimum Gasteiger partial charge on any atom is -0.465 e. The first-order valence-electron chi connectivity index (χ1n) is 10.9. The number of benzene rings is 1. The van der Waals surface area contributed by atoms with E-state index in [-0.39, 0.29) is 23.4 Å². The third-order valence-electron chi connectivity index (χ3n) is 5.57. The Morgan fingerprint density at radius 2 is 2.11 bits per heavy atom. The summed E-state index contributed by atoms with van der Waals surface area (Å²) in [7, 11) is 0. The Balaban J connectivity index is 1.68. The molecule has 11 heteroatoms. The topological polar surface area (TPSA) is 130 Å². The molecule has 0 saturated heterocycles. The Bertz CT molecular complexity index is 1690. The fourth-order valence-electron chi connectivity index (χ4n) is 3.99. The molecule has 0 radical (unpaired) electrons. The zero-order chi connectivity index (χ0) is 25.4. The highest BCUT2D eigenvalue weighted by Gasteiger charge is 2.35. The number of nitro benzene ring substituents is 1. The number of rotatable bonds is 6. The van der Waals surface area contributed by atoms with E-state index in [4.69, 9.17) is 13.6 Å². The Morgan fingerprint density at radius 1 is 1.28 bits per heavy atom. The first-order chi connectivity index (χ1) is 17.4. The molecule has 0 bridgehead atoms. The van der Waals surface area contributed by atoms with E-state index in [1.54, 1.807) is 56.3 Å². The zero-order valence-corrected chi connectivity index (χ0v) is 20.0. The number of carbonyl (C=O) groups excluding carboxylic acids is 1. The van der Waals surface area contributed by atoms with E-state index in [9.17, 15) is 19.7 Å². The van der Waals surface area contributed by atoms with E-state index < -0.39 is 16.9 Å². The van der Waals surface area contributed by atoms with E-state index in [0.29, 0.717) is 37.9 Å². The number of carbonyl (C=O) groups is 1. The van der Waals surface area contributed by atoms with Crippen molar-refractivity contribution in [1.82, 2.24) is 4.57 Å². The minimum absolute atomic E-state index is 0.0840. The van der Waals surface area contributed by atoms with Gasteiger partial charge in [-0.05, 0) is 38.1 Å². The molecule has 0 N–H and O–H groups in total. The fourth-order valence-corrected chi connectivity index (χ4v) is 5.02. The van der Waals surface area contributed by atoms with Crippen molar-refractivity contribution in [2.75, 3.05) is 6.61 Å². The van der Waals surface area contributed by atoms with Crippen molar-refractivity contribution in [2.45, 2.75) is 19.9 Å². The van der Waals surface area contributed by atoms with E-state index in [1.165, 1.54) is 23.0 Å². The summed E-state index contributed by atoms with van der Waals surface area (Å²) in [4.78, 5) is 42.1. The number of nitrogens with zero attached hydrogens (tertiary/aromatic N) is 3. The lowest BCUT2D eigenvalue weighted by atomic mass is 10.0. The van der Waals surface area contributed by atoms with Crippen molar-refractivity contribution in [1.29, 1.82) is 0 Å². The van der Waals surface area contributed by atoms with E-state index in [1.807, 2.05) is 0 Å². The van der Waals surface area contributed by atoms with E-state index in [0.717, 1.165) is 11.3 Å². The van der Waals surface area contributed by atoms with Crippen molar-refractivity contribution in [3.05, 3.63) is 107 Å². The Hall–Kier alpha value is -4.51. The van der Waals surface area contributed by atoms with Crippen LogP contribution in [0.5, 0.6) is 0 Å². The molecule has 36 heavy (non-hydrogen) atoms. The van der Waals surface area contributed by atoms with Crippen LogP contribution in [-0.4, -0.2) is 22.1 Å². The van der Waals surface area contributed by atoms with Crippen molar-refractivity contribution in [3.63, 3.8) is 0 Å². The van der Waals surface area contributed by atoms with Gasteiger partial charge in [0.25, 0.3) is 11.2 Å². The number of esters is 1. The zero-order valence-electron chi connectivity index (χ0n) is 19.2. The molecule has 1 aliphatic heterocycles. The third-order valence-corrected chi connectivity index (χ3v) is 6.55. The molecule has 0 fully saturated rings. The Labute approximate surface area is 207 Å². The van der Waals surface area contributed by atoms with Gasteiger partial charge in [-0.25, -0.2) is 9.79 Å². The van der Waals surface area contributed by atoms with Crippen LogP contribution in [0.2, 0.25) is 0 Å². The van der Waals surface area contributed by atoms with Gasteiger partial charge in [0.2, 0.25) is 0 Å². The maximum absolute atomic E-state index is 13.5. The van der Waals surface area contributed by atoms with Crippen LogP contribution in [0.25, 0.3) is 17.4 Å². The smallest absolute Gasteiger partial charge is 0.338 e. The average molecular weight is 506 g/mol. The largest absolute Gasteiger partial charge is 0.465 e. The van der Waals surface area contributed by atoms with Crippen molar-refractivity contribution in [3.8, 4) is 11.3 Å². The van der Waals surface area contributed by atoms with Crippen molar-refractivity contribution < 1.29 is 23.3 Å². The van der Waals surface area contributed by atoms with Gasteiger partial charge in [-0.1, -0.05) is 23.5 Å². The second-order valence-corrected chi connectivity index (χ2v) is 8.84. The van der Waals surface area contributed by atoms with Crippen molar-refractivity contribution in [2.24, 2.45) is 4.99 Å². The molecule has 0 unspecified atom stereocenters. The summed E-state index contributed by atoms with van der Waals surface area (Å²) in [5.41, 5.74) is 0.604. The van der Waals surface area contributed by atoms with Gasteiger partial charge in [-0.15, -0.1) is 0 Å². The van der Waals surface area contributed by atoms with Gasteiger partial charge in [0.1, 0.15) is 23.3 Å². The number of aromatic nitrogens is 1. The standard InChI is InChI=1S/C25H19N3O7S/c1-3-33-24(30)21-14(2)26-25-27(23(29)20(36-25)13-17-8-5-11-34-17)22(21)19-10-9-18(35-19)15-6-4-7-16(12-15)28(31)32/h4-13,22H,3H2,1-2H3/b20-13-/t22-/m0/s1. The van der Waals surface area contributed by atoms with E-state index >= 15 is 0 Å². The molecule has 182 valence electrons. The number of ether oxygens (including phenoxy) is 1. The quantitative estimate of drug-likeness (QED) is 0.222. The minimum atomic E-state index is -0.938. The van der Waals surface area contributed by atoms with Gasteiger partial charge in [0.15, 0.2) is 4.80 Å². The van der Waals surface area contributed by atoms with Crippen LogP contribution in [0.3, 0.4) is 0 Å². The van der Waals surface area contributed by atoms with Gasteiger partial charge in [0, 0.05) is 23.8 Å². The third kappa shape index (κ3) is 4.09. The molecular weight excluding hydrogens is 486 g/mol. The summed E-state index contributed by atoms with van der Waals surface area (Å²) in [5.74, 6) is 0.533. The van der Waals surface area contributed by atoms with Gasteiger partial charge < -0.3 is 13.6 Å². The van der Waals surface area contributed by atoms with Crippen LogP contribution >= 0.6 is 11.3 Å². The van der Waals surface area contributed by atoms with Gasteiger partial charge in [-0.2, -0.15) is 0 Å². The number of hydrogen-bond acceptors (Lipinski definition) is 9. The number of allylic oxidation sites excluding steroid dienone is 1. The van der Waals surface area contributed by atoms with Gasteiger partial charge >= 0.3 is 5.97 Å². The summed E-state index contributed by atoms with van der Waals surface area (Å²) >= 11 is 1.16. The Kier molecular flexibility index (Phi) is 5.98. The molecule has 0 saturated carbocycles. The lowest BCUT2D eigenvalue weighted by Gasteiger charge is -2.22. The van der Waals surface area contributed by atoms with Gasteiger partial charge in [-0.3, -0.25) is 19.5 Å². The lowest BCUT2D eigenvalue weighted by molar-refractivity contribution is -0.384. The second kappa shape index (κ2) is 9.27. The average Bonchev–Trinajstić information content (AvgIpc) is 3.60. The number of thiazole rings is 1. The van der Waals surface area contributed by atoms with Crippen molar-refractivity contribution >= 4 is 29.1 Å². The lowest BCUT2D eigenvalue weighted by Crippen LogP contribution is -2.39. The first kappa shape index (κ1) is 23.2. The molecule has 1 atom stereocenters. The predicted molar refractivity (Wildman–Crippen MR) is 130 cm³/mol. The molecule has 1 aromatic carbocycles. The summed E-state index contributed by atoms with van der Waals surface area (Å²) < 4.78 is 18.5. The predicted octanol–water partition coefficient (Wildman–Crippen LogP) is 3.56. The number of hydrogen-bond donors (Lipinski definition) is 0. The number of furan rings is 2. The maximum Gasteiger partial charge on any atom is 0.338 e. The molecule has 0 amide bonds. The number of nitro groups is 1. The number of fused-ring (bicyclic) bond motifs is 1.